The molecule has 0 aromatic heterocycles. The van der Waals surface area contributed by atoms with Gasteiger partial charge in [-0.2, -0.15) is 0 Å². The highest BCUT2D eigenvalue weighted by Crippen LogP contribution is 2.29. The third-order valence-electron chi connectivity index (χ3n) is 3.12. The molecule has 104 valence electrons. The van der Waals surface area contributed by atoms with Gasteiger partial charge < -0.3 is 15.7 Å². The lowest BCUT2D eigenvalue weighted by atomic mass is 10.1. The van der Waals surface area contributed by atoms with Gasteiger partial charge in [0.1, 0.15) is 11.5 Å². The molecule has 3 N–H and O–H groups in total. The van der Waals surface area contributed by atoms with E-state index >= 15 is 0 Å². The maximum atomic E-state index is 8.86. The first-order valence-electron chi connectivity index (χ1n) is 6.50. The molecule has 0 saturated carbocycles. The summed E-state index contributed by atoms with van der Waals surface area (Å²) in [6, 6.07) is 13.4. The number of aryl methyl sites for hydroxylation is 2. The van der Waals surface area contributed by atoms with Crippen molar-refractivity contribution in [2.45, 2.75) is 20.3 Å². The van der Waals surface area contributed by atoms with Gasteiger partial charge in [-0.3, -0.25) is 0 Å². The molecule has 0 radical (unpaired) electrons. The number of hydrogen-bond donors (Lipinski definition) is 2. The van der Waals surface area contributed by atoms with Crippen LogP contribution in [0.2, 0.25) is 0 Å². The molecular weight excluding hydrogens is 252 g/mol. The molecule has 2 rings (SSSR count). The summed E-state index contributed by atoms with van der Waals surface area (Å²) in [4.78, 5) is 0. The molecule has 0 aliphatic heterocycles. The summed E-state index contributed by atoms with van der Waals surface area (Å²) in [5.74, 6) is 1.39. The van der Waals surface area contributed by atoms with Crippen molar-refractivity contribution in [1.29, 1.82) is 0 Å². The van der Waals surface area contributed by atoms with E-state index in [1.807, 2.05) is 37.3 Å². The SMILES string of the molecule is CCc1cccc(Oc2c(C)cccc2/C(N)=N/O)c1. The summed E-state index contributed by atoms with van der Waals surface area (Å²) >= 11 is 0. The van der Waals surface area contributed by atoms with Crippen LogP contribution < -0.4 is 10.5 Å². The standard InChI is InChI=1S/C16H18N2O2/c1-3-12-7-5-8-13(10-12)20-15-11(2)6-4-9-14(15)16(17)18-19/h4-10,19H,3H2,1-2H3,(H2,17,18). The molecule has 0 aliphatic rings. The van der Waals surface area contributed by atoms with Crippen LogP contribution in [0, 0.1) is 6.92 Å². The Balaban J connectivity index is 2.42. The largest absolute Gasteiger partial charge is 0.456 e. The molecule has 2 aromatic rings. The molecule has 20 heavy (non-hydrogen) atoms. The van der Waals surface area contributed by atoms with Crippen molar-refractivity contribution in [2.24, 2.45) is 10.9 Å². The number of nitrogens with two attached hydrogens (primary N) is 1. The van der Waals surface area contributed by atoms with Crippen molar-refractivity contribution in [2.75, 3.05) is 0 Å². The quantitative estimate of drug-likeness (QED) is 0.387. The minimum Gasteiger partial charge on any atom is -0.456 e. The minimum atomic E-state index is 0.0374. The average molecular weight is 270 g/mol. The second-order valence-corrected chi connectivity index (χ2v) is 4.54. The van der Waals surface area contributed by atoms with Crippen molar-refractivity contribution in [3.63, 3.8) is 0 Å². The van der Waals surface area contributed by atoms with Gasteiger partial charge in [0.25, 0.3) is 0 Å². The van der Waals surface area contributed by atoms with E-state index < -0.39 is 0 Å². The number of hydrogen-bond acceptors (Lipinski definition) is 3. The highest BCUT2D eigenvalue weighted by atomic mass is 16.5. The Hall–Kier alpha value is -2.49. The predicted molar refractivity (Wildman–Crippen MR) is 79.6 cm³/mol. The van der Waals surface area contributed by atoms with Gasteiger partial charge in [0.2, 0.25) is 0 Å². The number of rotatable bonds is 4. The highest BCUT2D eigenvalue weighted by molar-refractivity contribution is 6.00. The van der Waals surface area contributed by atoms with Crippen LogP contribution in [0.3, 0.4) is 0 Å². The molecule has 0 heterocycles. The lowest BCUT2D eigenvalue weighted by molar-refractivity contribution is 0.318. The summed E-state index contributed by atoms with van der Waals surface area (Å²) in [6.45, 7) is 4.02. The van der Waals surface area contributed by atoms with Gasteiger partial charge in [-0.1, -0.05) is 36.3 Å². The molecule has 0 atom stereocenters. The van der Waals surface area contributed by atoms with E-state index in [4.69, 9.17) is 15.7 Å². The van der Waals surface area contributed by atoms with Crippen LogP contribution in [0.15, 0.2) is 47.6 Å². The molecule has 0 spiro atoms. The normalized spacial score (nSPS) is 11.4. The first-order valence-corrected chi connectivity index (χ1v) is 6.50. The number of para-hydroxylation sites is 1. The molecule has 0 saturated heterocycles. The van der Waals surface area contributed by atoms with E-state index in [0.29, 0.717) is 11.3 Å². The second-order valence-electron chi connectivity index (χ2n) is 4.54. The number of benzene rings is 2. The predicted octanol–water partition coefficient (Wildman–Crippen LogP) is 3.44. The molecule has 0 unspecified atom stereocenters. The smallest absolute Gasteiger partial charge is 0.173 e. The second kappa shape index (κ2) is 6.10. The van der Waals surface area contributed by atoms with Crippen LogP contribution in [-0.2, 0) is 6.42 Å². The number of ether oxygens (including phenoxy) is 1. The first-order chi connectivity index (χ1) is 9.65. The van der Waals surface area contributed by atoms with Gasteiger partial charge in [-0.25, -0.2) is 0 Å². The molecule has 0 fully saturated rings. The van der Waals surface area contributed by atoms with Crippen molar-refractivity contribution in [3.8, 4) is 11.5 Å². The Kier molecular flexibility index (Phi) is 4.25. The van der Waals surface area contributed by atoms with Crippen LogP contribution in [0.5, 0.6) is 11.5 Å². The Morgan fingerprint density at radius 3 is 2.70 bits per heavy atom. The van der Waals surface area contributed by atoms with Crippen molar-refractivity contribution in [1.82, 2.24) is 0 Å². The molecule has 0 amide bonds. The van der Waals surface area contributed by atoms with Crippen molar-refractivity contribution in [3.05, 3.63) is 59.2 Å². The van der Waals surface area contributed by atoms with E-state index in [-0.39, 0.29) is 5.84 Å². The van der Waals surface area contributed by atoms with Gasteiger partial charge >= 0.3 is 0 Å². The topological polar surface area (TPSA) is 67.8 Å². The highest BCUT2D eigenvalue weighted by Gasteiger charge is 2.12. The van der Waals surface area contributed by atoms with Crippen LogP contribution in [0.4, 0.5) is 0 Å². The van der Waals surface area contributed by atoms with E-state index in [1.165, 1.54) is 5.56 Å². The third kappa shape index (κ3) is 2.91. The van der Waals surface area contributed by atoms with E-state index in [0.717, 1.165) is 17.7 Å². The van der Waals surface area contributed by atoms with Crippen LogP contribution in [0.25, 0.3) is 0 Å². The van der Waals surface area contributed by atoms with E-state index in [1.54, 1.807) is 6.07 Å². The maximum Gasteiger partial charge on any atom is 0.173 e. The van der Waals surface area contributed by atoms with E-state index in [2.05, 4.69) is 18.1 Å². The summed E-state index contributed by atoms with van der Waals surface area (Å²) in [5, 5.41) is 11.9. The molecule has 0 aliphatic carbocycles. The Bertz CT molecular complexity index is 636. The monoisotopic (exact) mass is 270 g/mol. The fourth-order valence-electron chi connectivity index (χ4n) is 1.99. The lowest BCUT2D eigenvalue weighted by Gasteiger charge is -2.13. The zero-order valence-electron chi connectivity index (χ0n) is 11.6. The molecular formula is C16H18N2O2. The number of oxime groups is 1. The van der Waals surface area contributed by atoms with Crippen molar-refractivity contribution >= 4 is 5.84 Å². The van der Waals surface area contributed by atoms with Gasteiger partial charge in [-0.05, 0) is 42.7 Å². The van der Waals surface area contributed by atoms with Crippen LogP contribution in [-0.4, -0.2) is 11.0 Å². The maximum absolute atomic E-state index is 8.86. The molecule has 4 nitrogen and oxygen atoms in total. The van der Waals surface area contributed by atoms with Gasteiger partial charge in [-0.15, -0.1) is 0 Å². The summed E-state index contributed by atoms with van der Waals surface area (Å²) in [5.41, 5.74) is 8.39. The van der Waals surface area contributed by atoms with Crippen LogP contribution >= 0.6 is 0 Å². The van der Waals surface area contributed by atoms with Gasteiger partial charge in [0.15, 0.2) is 5.84 Å². The molecule has 4 heteroatoms. The number of nitrogens with zero attached hydrogens (tertiary/aromatic N) is 1. The zero-order valence-corrected chi connectivity index (χ0v) is 11.6. The summed E-state index contributed by atoms with van der Waals surface area (Å²) in [6.07, 6.45) is 0.943. The molecule has 2 aromatic carbocycles. The van der Waals surface area contributed by atoms with E-state index in [9.17, 15) is 0 Å². The van der Waals surface area contributed by atoms with Crippen molar-refractivity contribution < 1.29 is 9.94 Å². The van der Waals surface area contributed by atoms with Gasteiger partial charge in [0, 0.05) is 0 Å². The Morgan fingerprint density at radius 2 is 2.00 bits per heavy atom. The summed E-state index contributed by atoms with van der Waals surface area (Å²) < 4.78 is 5.93. The lowest BCUT2D eigenvalue weighted by Crippen LogP contribution is -2.14. The van der Waals surface area contributed by atoms with Gasteiger partial charge in [0.05, 0.1) is 5.56 Å². The summed E-state index contributed by atoms with van der Waals surface area (Å²) in [7, 11) is 0. The minimum absolute atomic E-state index is 0.0374. The molecule has 0 bridgehead atoms. The first kappa shape index (κ1) is 13.9. The fourth-order valence-corrected chi connectivity index (χ4v) is 1.99. The fraction of sp³-hybridized carbons (Fsp3) is 0.188. The Labute approximate surface area is 118 Å². The average Bonchev–Trinajstić information content (AvgIpc) is 2.48. The third-order valence-corrected chi connectivity index (χ3v) is 3.12. The number of amidine groups is 1. The zero-order chi connectivity index (χ0) is 14.5. The Morgan fingerprint density at radius 1 is 1.25 bits per heavy atom. The van der Waals surface area contributed by atoms with Crippen LogP contribution in [0.1, 0.15) is 23.6 Å².